The van der Waals surface area contributed by atoms with Crippen molar-refractivity contribution in [1.82, 2.24) is 0 Å². The third-order valence-corrected chi connectivity index (χ3v) is 10.5. The Morgan fingerprint density at radius 3 is 1.59 bits per heavy atom. The molecule has 0 unspecified atom stereocenters. The van der Waals surface area contributed by atoms with E-state index in [0.717, 1.165) is 27.6 Å². The van der Waals surface area contributed by atoms with Crippen LogP contribution in [0.4, 0.5) is 0 Å². The van der Waals surface area contributed by atoms with Crippen LogP contribution >= 0.6 is 23.2 Å². The highest BCUT2D eigenvalue weighted by Crippen LogP contribution is 2.43. The van der Waals surface area contributed by atoms with Crippen molar-refractivity contribution in [3.8, 4) is 0 Å². The first kappa shape index (κ1) is 35.5. The normalized spacial score (nSPS) is 14.4. The Bertz CT molecular complexity index is 2240. The smallest absolute Gasteiger partial charge is 0.0412 e. The minimum absolute atomic E-state index is 0.00415. The van der Waals surface area contributed by atoms with Gasteiger partial charge >= 0.3 is 0 Å². The first-order valence-electron chi connectivity index (χ1n) is 17.7. The molecule has 0 saturated carbocycles. The Balaban J connectivity index is 2.09. The number of halogens is 2. The van der Waals surface area contributed by atoms with Gasteiger partial charge in [-0.05, 0) is 141 Å². The fourth-order valence-corrected chi connectivity index (χ4v) is 8.38. The van der Waals surface area contributed by atoms with Crippen LogP contribution < -0.4 is 10.4 Å². The van der Waals surface area contributed by atoms with Crippen LogP contribution in [0.1, 0.15) is 134 Å². The number of fused-ring (bicyclic) bond motifs is 2. The van der Waals surface area contributed by atoms with Gasteiger partial charge in [0.05, 0.1) is 0 Å². The van der Waals surface area contributed by atoms with Crippen LogP contribution in [0.25, 0.3) is 17.2 Å². The second-order valence-electron chi connectivity index (χ2n) is 18.1. The van der Waals surface area contributed by atoms with Gasteiger partial charge in [-0.15, -0.1) is 0 Å². The summed E-state index contributed by atoms with van der Waals surface area (Å²) in [5, 5.41) is 6.64. The molecule has 0 radical (unpaired) electrons. The van der Waals surface area contributed by atoms with Gasteiger partial charge in [-0.1, -0.05) is 155 Å². The minimum atomic E-state index is -0.197. The van der Waals surface area contributed by atoms with E-state index in [1.54, 1.807) is 0 Å². The van der Waals surface area contributed by atoms with Gasteiger partial charge in [-0.2, -0.15) is 0 Å². The molecular formula is C47H52Cl2. The van der Waals surface area contributed by atoms with Crippen molar-refractivity contribution in [3.05, 3.63) is 154 Å². The van der Waals surface area contributed by atoms with Gasteiger partial charge in [0, 0.05) is 10.0 Å². The topological polar surface area (TPSA) is 0 Å². The average molecular weight is 688 g/mol. The Morgan fingerprint density at radius 1 is 0.612 bits per heavy atom. The van der Waals surface area contributed by atoms with Crippen molar-refractivity contribution in [2.24, 2.45) is 0 Å². The number of benzene rings is 4. The molecule has 4 aromatic carbocycles. The maximum Gasteiger partial charge on any atom is 0.0412 e. The highest BCUT2D eigenvalue weighted by atomic mass is 35.5. The zero-order valence-electron chi connectivity index (χ0n) is 31.5. The molecule has 0 heterocycles. The summed E-state index contributed by atoms with van der Waals surface area (Å²) in [6.45, 7) is 28.4. The summed E-state index contributed by atoms with van der Waals surface area (Å²) in [6.07, 6.45) is 10.3. The van der Waals surface area contributed by atoms with Crippen molar-refractivity contribution in [2.45, 2.75) is 111 Å². The molecule has 0 fully saturated rings. The SMILES string of the molecule is CC(C)(C)c1cc2c(cc1C(C)(C)C)=c1c(c(C3=CC=CC3)c(C(C)(C)C)c(C(C)(C)C)c1=C(c1cccc(Cl)c1)c1cccc(Cl)c1)C=2. The van der Waals surface area contributed by atoms with Crippen LogP contribution in [0.15, 0.2) is 78.9 Å². The first-order chi connectivity index (χ1) is 22.7. The summed E-state index contributed by atoms with van der Waals surface area (Å²) in [4.78, 5) is 0. The summed E-state index contributed by atoms with van der Waals surface area (Å²) < 4.78 is 0. The van der Waals surface area contributed by atoms with Crippen molar-refractivity contribution in [2.75, 3.05) is 0 Å². The van der Waals surface area contributed by atoms with Crippen LogP contribution in [0.5, 0.6) is 0 Å². The zero-order chi connectivity index (χ0) is 35.8. The molecule has 4 aromatic rings. The van der Waals surface area contributed by atoms with Crippen LogP contribution in [-0.2, 0) is 21.7 Å². The molecule has 0 atom stereocenters. The monoisotopic (exact) mass is 686 g/mol. The molecule has 0 saturated heterocycles. The summed E-state index contributed by atoms with van der Waals surface area (Å²) in [6, 6.07) is 21.7. The molecule has 254 valence electrons. The standard InChI is InChI=1S/C47H52Cl2/c1-44(2,3)36-26-31-25-35-39(28-17-13-14-18-28)42(46(7,8)9)43(47(10,11)12)41(40(35)34(31)27-37(36)45(4,5)6)38(29-19-15-21-32(48)23-29)30-20-16-22-33(49)24-30/h13-17,19-27H,18H2,1-12H3. The molecule has 6 rings (SSSR count). The van der Waals surface area contributed by atoms with E-state index < -0.39 is 0 Å². The van der Waals surface area contributed by atoms with E-state index in [1.807, 2.05) is 12.1 Å². The first-order valence-corrected chi connectivity index (χ1v) is 18.5. The van der Waals surface area contributed by atoms with Gasteiger partial charge in [-0.25, -0.2) is 0 Å². The number of hydrogen-bond acceptors (Lipinski definition) is 0. The van der Waals surface area contributed by atoms with Crippen LogP contribution in [-0.4, -0.2) is 0 Å². The van der Waals surface area contributed by atoms with E-state index in [0.29, 0.717) is 0 Å². The van der Waals surface area contributed by atoms with E-state index in [9.17, 15) is 0 Å². The molecule has 2 heteroatoms. The van der Waals surface area contributed by atoms with Crippen LogP contribution in [0.2, 0.25) is 10.0 Å². The fourth-order valence-electron chi connectivity index (χ4n) is 8.00. The molecule has 0 spiro atoms. The Kier molecular flexibility index (Phi) is 8.82. The number of hydrogen-bond donors (Lipinski definition) is 0. The summed E-state index contributed by atoms with van der Waals surface area (Å²) >= 11 is 13.6. The van der Waals surface area contributed by atoms with Crippen molar-refractivity contribution in [3.63, 3.8) is 0 Å². The molecule has 2 aliphatic carbocycles. The third kappa shape index (κ3) is 6.53. The quantitative estimate of drug-likeness (QED) is 0.177. The number of rotatable bonds is 3. The number of allylic oxidation sites excluding steroid dienone is 4. The van der Waals surface area contributed by atoms with Gasteiger partial charge < -0.3 is 0 Å². The lowest BCUT2D eigenvalue weighted by Crippen LogP contribution is -2.34. The maximum atomic E-state index is 6.81. The van der Waals surface area contributed by atoms with Gasteiger partial charge in [0.2, 0.25) is 0 Å². The van der Waals surface area contributed by atoms with E-state index in [1.165, 1.54) is 65.4 Å². The van der Waals surface area contributed by atoms with E-state index >= 15 is 0 Å². The molecule has 0 aliphatic heterocycles. The van der Waals surface area contributed by atoms with Crippen molar-refractivity contribution < 1.29 is 0 Å². The van der Waals surface area contributed by atoms with Crippen LogP contribution in [0.3, 0.4) is 0 Å². The summed E-state index contributed by atoms with van der Waals surface area (Å²) in [7, 11) is 0. The lowest BCUT2D eigenvalue weighted by molar-refractivity contribution is 0.524. The molecule has 0 nitrogen and oxygen atoms in total. The Morgan fingerprint density at radius 2 is 1.14 bits per heavy atom. The maximum absolute atomic E-state index is 6.81. The van der Waals surface area contributed by atoms with E-state index in [-0.39, 0.29) is 21.7 Å². The third-order valence-electron chi connectivity index (χ3n) is 9.98. The van der Waals surface area contributed by atoms with Crippen molar-refractivity contribution in [1.29, 1.82) is 0 Å². The molecule has 49 heavy (non-hydrogen) atoms. The largest absolute Gasteiger partial charge is 0.0843 e. The van der Waals surface area contributed by atoms with Gasteiger partial charge in [0.25, 0.3) is 0 Å². The lowest BCUT2D eigenvalue weighted by atomic mass is 9.68. The second kappa shape index (κ2) is 12.2. The fraction of sp³-hybridized carbons (Fsp3) is 0.362. The highest BCUT2D eigenvalue weighted by Gasteiger charge is 2.35. The molecule has 0 amide bonds. The Labute approximate surface area is 304 Å². The lowest BCUT2D eigenvalue weighted by Gasteiger charge is -2.35. The molecule has 0 N–H and O–H groups in total. The van der Waals surface area contributed by atoms with Crippen LogP contribution in [0, 0.1) is 10.4 Å². The Hall–Kier alpha value is -3.32. The van der Waals surface area contributed by atoms with E-state index in [2.05, 4.69) is 156 Å². The zero-order valence-corrected chi connectivity index (χ0v) is 33.1. The molecule has 0 bridgehead atoms. The van der Waals surface area contributed by atoms with Gasteiger partial charge in [0.15, 0.2) is 0 Å². The van der Waals surface area contributed by atoms with E-state index in [4.69, 9.17) is 23.2 Å². The van der Waals surface area contributed by atoms with Gasteiger partial charge in [0.1, 0.15) is 0 Å². The average Bonchev–Trinajstić information content (AvgIpc) is 3.63. The summed E-state index contributed by atoms with van der Waals surface area (Å²) in [5.41, 5.74) is 12.7. The molecule has 2 aliphatic rings. The predicted molar refractivity (Wildman–Crippen MR) is 214 cm³/mol. The van der Waals surface area contributed by atoms with Gasteiger partial charge in [-0.3, -0.25) is 0 Å². The molecular weight excluding hydrogens is 635 g/mol. The second-order valence-corrected chi connectivity index (χ2v) is 19.0. The van der Waals surface area contributed by atoms with Crippen molar-refractivity contribution >= 4 is 40.4 Å². The minimum Gasteiger partial charge on any atom is -0.0843 e. The highest BCUT2D eigenvalue weighted by molar-refractivity contribution is 6.31. The predicted octanol–water partition coefficient (Wildman–Crippen LogP) is 12.2. The summed E-state index contributed by atoms with van der Waals surface area (Å²) in [5.74, 6) is 0. The molecule has 0 aromatic heterocycles.